The summed E-state index contributed by atoms with van der Waals surface area (Å²) in [5.41, 5.74) is 4.33. The van der Waals surface area contributed by atoms with E-state index in [-0.39, 0.29) is 0 Å². The Hall–Kier alpha value is -2.90. The summed E-state index contributed by atoms with van der Waals surface area (Å²) in [7, 11) is 0. The first-order valence-corrected chi connectivity index (χ1v) is 6.94. The van der Waals surface area contributed by atoms with Crippen molar-refractivity contribution in [3.8, 4) is 0 Å². The highest BCUT2D eigenvalue weighted by atomic mass is 16.5. The SMILES string of the molecule is C[C@H](OC(=O)CN1C(=O)N[C@](C)(c2ccccc2)C1=O)C(N)=O. The molecule has 122 valence electrons. The minimum absolute atomic E-state index is 0.572. The molecule has 1 aromatic rings. The molecule has 1 saturated heterocycles. The van der Waals surface area contributed by atoms with Gasteiger partial charge in [0.05, 0.1) is 0 Å². The Kier molecular flexibility index (Phi) is 4.35. The molecular formula is C15H17N3O5. The van der Waals surface area contributed by atoms with E-state index in [9.17, 15) is 19.2 Å². The average molecular weight is 319 g/mol. The summed E-state index contributed by atoms with van der Waals surface area (Å²) in [6.07, 6.45) is -1.14. The van der Waals surface area contributed by atoms with Crippen LogP contribution in [-0.4, -0.2) is 41.4 Å². The van der Waals surface area contributed by atoms with Crippen molar-refractivity contribution in [2.24, 2.45) is 5.73 Å². The molecule has 2 rings (SSSR count). The van der Waals surface area contributed by atoms with Crippen molar-refractivity contribution >= 4 is 23.8 Å². The van der Waals surface area contributed by atoms with Crippen molar-refractivity contribution in [2.45, 2.75) is 25.5 Å². The number of urea groups is 1. The van der Waals surface area contributed by atoms with Crippen LogP contribution in [-0.2, 0) is 24.7 Å². The second kappa shape index (κ2) is 6.07. The maximum absolute atomic E-state index is 12.5. The summed E-state index contributed by atoms with van der Waals surface area (Å²) < 4.78 is 4.76. The molecule has 0 spiro atoms. The number of primary amides is 1. The fourth-order valence-corrected chi connectivity index (χ4v) is 2.23. The van der Waals surface area contributed by atoms with E-state index in [1.165, 1.54) is 6.92 Å². The molecule has 3 N–H and O–H groups in total. The number of nitrogens with one attached hydrogen (secondary N) is 1. The highest BCUT2D eigenvalue weighted by molar-refractivity contribution is 6.08. The first-order valence-electron chi connectivity index (χ1n) is 6.94. The van der Waals surface area contributed by atoms with E-state index in [0.29, 0.717) is 5.56 Å². The Morgan fingerprint density at radius 2 is 1.91 bits per heavy atom. The highest BCUT2D eigenvalue weighted by Crippen LogP contribution is 2.28. The topological polar surface area (TPSA) is 119 Å². The van der Waals surface area contributed by atoms with Gasteiger partial charge >= 0.3 is 12.0 Å². The van der Waals surface area contributed by atoms with Gasteiger partial charge in [-0.2, -0.15) is 0 Å². The summed E-state index contributed by atoms with van der Waals surface area (Å²) in [5.74, 6) is -2.28. The van der Waals surface area contributed by atoms with E-state index in [1.54, 1.807) is 37.3 Å². The first-order chi connectivity index (χ1) is 10.8. The molecule has 1 heterocycles. The van der Waals surface area contributed by atoms with E-state index in [4.69, 9.17) is 10.5 Å². The van der Waals surface area contributed by atoms with Crippen LogP contribution in [0.15, 0.2) is 30.3 Å². The van der Waals surface area contributed by atoms with Gasteiger partial charge in [-0.1, -0.05) is 30.3 Å². The zero-order valence-electron chi connectivity index (χ0n) is 12.7. The number of benzene rings is 1. The highest BCUT2D eigenvalue weighted by Gasteiger charge is 2.49. The number of imide groups is 1. The molecule has 0 aromatic heterocycles. The number of esters is 1. The molecule has 0 bridgehead atoms. The van der Waals surface area contributed by atoms with Crippen LogP contribution in [0, 0.1) is 0 Å². The van der Waals surface area contributed by atoms with Crippen LogP contribution in [0.3, 0.4) is 0 Å². The molecule has 23 heavy (non-hydrogen) atoms. The van der Waals surface area contributed by atoms with Crippen LogP contribution in [0.1, 0.15) is 19.4 Å². The van der Waals surface area contributed by atoms with Crippen molar-refractivity contribution in [2.75, 3.05) is 6.54 Å². The normalized spacial score (nSPS) is 21.7. The van der Waals surface area contributed by atoms with Gasteiger partial charge < -0.3 is 15.8 Å². The number of hydrogen-bond acceptors (Lipinski definition) is 5. The van der Waals surface area contributed by atoms with E-state index in [2.05, 4.69) is 5.32 Å². The van der Waals surface area contributed by atoms with Gasteiger partial charge in [-0.25, -0.2) is 4.79 Å². The zero-order chi connectivity index (χ0) is 17.2. The number of nitrogens with zero attached hydrogens (tertiary/aromatic N) is 1. The standard InChI is InChI=1S/C15H17N3O5/c1-9(12(16)20)23-11(19)8-18-13(21)15(2,17-14(18)22)10-6-4-3-5-7-10/h3-7,9H,8H2,1-2H3,(H2,16,20)(H,17,22)/t9-,15+/m0/s1. The summed E-state index contributed by atoms with van der Waals surface area (Å²) in [6.45, 7) is 2.27. The number of nitrogens with two attached hydrogens (primary N) is 1. The molecule has 1 aliphatic heterocycles. The van der Waals surface area contributed by atoms with Crippen molar-refractivity contribution < 1.29 is 23.9 Å². The summed E-state index contributed by atoms with van der Waals surface area (Å²) in [6, 6.07) is 7.97. The smallest absolute Gasteiger partial charge is 0.327 e. The van der Waals surface area contributed by atoms with Crippen LogP contribution >= 0.6 is 0 Å². The van der Waals surface area contributed by atoms with E-state index < -0.39 is 42.0 Å². The van der Waals surface area contributed by atoms with Crippen LogP contribution < -0.4 is 11.1 Å². The van der Waals surface area contributed by atoms with Crippen molar-refractivity contribution in [1.82, 2.24) is 10.2 Å². The minimum Gasteiger partial charge on any atom is -0.451 e. The molecule has 1 aromatic carbocycles. The molecule has 0 radical (unpaired) electrons. The second-order valence-electron chi connectivity index (χ2n) is 5.35. The lowest BCUT2D eigenvalue weighted by atomic mass is 9.92. The summed E-state index contributed by atoms with van der Waals surface area (Å²) in [5, 5.41) is 2.57. The lowest BCUT2D eigenvalue weighted by Gasteiger charge is -2.22. The Balaban J connectivity index is 2.13. The van der Waals surface area contributed by atoms with Gasteiger partial charge in [0.15, 0.2) is 6.10 Å². The third-order valence-corrected chi connectivity index (χ3v) is 3.62. The molecule has 8 nitrogen and oxygen atoms in total. The average Bonchev–Trinajstić information content (AvgIpc) is 2.72. The van der Waals surface area contributed by atoms with Gasteiger partial charge in [-0.05, 0) is 19.4 Å². The Morgan fingerprint density at radius 3 is 2.48 bits per heavy atom. The van der Waals surface area contributed by atoms with Gasteiger partial charge in [-0.15, -0.1) is 0 Å². The predicted molar refractivity (Wildman–Crippen MR) is 78.8 cm³/mol. The Labute approximate surface area is 132 Å². The quantitative estimate of drug-likeness (QED) is 0.579. The number of carbonyl (C=O) groups is 4. The van der Waals surface area contributed by atoms with Crippen LogP contribution in [0.5, 0.6) is 0 Å². The maximum Gasteiger partial charge on any atom is 0.327 e. The number of amides is 4. The molecule has 0 unspecified atom stereocenters. The van der Waals surface area contributed by atoms with Crippen molar-refractivity contribution in [3.63, 3.8) is 0 Å². The van der Waals surface area contributed by atoms with Gasteiger partial charge in [0, 0.05) is 0 Å². The third-order valence-electron chi connectivity index (χ3n) is 3.62. The monoisotopic (exact) mass is 319 g/mol. The van der Waals surface area contributed by atoms with Gasteiger partial charge in [0.1, 0.15) is 12.1 Å². The lowest BCUT2D eigenvalue weighted by molar-refractivity contribution is -0.155. The Morgan fingerprint density at radius 1 is 1.30 bits per heavy atom. The van der Waals surface area contributed by atoms with Crippen LogP contribution in [0.25, 0.3) is 0 Å². The number of rotatable bonds is 5. The zero-order valence-corrected chi connectivity index (χ0v) is 12.7. The number of hydrogen-bond donors (Lipinski definition) is 2. The second-order valence-corrected chi connectivity index (χ2v) is 5.35. The summed E-state index contributed by atoms with van der Waals surface area (Å²) in [4.78, 5) is 47.9. The fraction of sp³-hybridized carbons (Fsp3) is 0.333. The van der Waals surface area contributed by atoms with Crippen molar-refractivity contribution in [3.05, 3.63) is 35.9 Å². The van der Waals surface area contributed by atoms with E-state index in [1.807, 2.05) is 0 Å². The Bertz CT molecular complexity index is 660. The van der Waals surface area contributed by atoms with E-state index >= 15 is 0 Å². The molecule has 2 atom stereocenters. The molecule has 4 amide bonds. The number of carbonyl (C=O) groups excluding carboxylic acids is 4. The van der Waals surface area contributed by atoms with Crippen molar-refractivity contribution in [1.29, 1.82) is 0 Å². The molecule has 1 aliphatic rings. The number of ether oxygens (including phenoxy) is 1. The van der Waals surface area contributed by atoms with Crippen LogP contribution in [0.4, 0.5) is 4.79 Å². The first kappa shape index (κ1) is 16.5. The molecule has 1 fully saturated rings. The van der Waals surface area contributed by atoms with E-state index in [0.717, 1.165) is 4.90 Å². The fourth-order valence-electron chi connectivity index (χ4n) is 2.23. The third kappa shape index (κ3) is 3.15. The minimum atomic E-state index is -1.26. The predicted octanol–water partition coefficient (Wildman–Crippen LogP) is -0.129. The molecule has 0 aliphatic carbocycles. The molecular weight excluding hydrogens is 302 g/mol. The maximum atomic E-state index is 12.5. The van der Waals surface area contributed by atoms with Crippen LogP contribution in [0.2, 0.25) is 0 Å². The van der Waals surface area contributed by atoms with Gasteiger partial charge in [-0.3, -0.25) is 19.3 Å². The molecule has 0 saturated carbocycles. The largest absolute Gasteiger partial charge is 0.451 e. The summed E-state index contributed by atoms with van der Waals surface area (Å²) >= 11 is 0. The van der Waals surface area contributed by atoms with Gasteiger partial charge in [0.25, 0.3) is 11.8 Å². The lowest BCUT2D eigenvalue weighted by Crippen LogP contribution is -2.42. The van der Waals surface area contributed by atoms with Gasteiger partial charge in [0.2, 0.25) is 0 Å². The molecule has 8 heteroatoms.